The number of rotatable bonds is 7. The summed E-state index contributed by atoms with van der Waals surface area (Å²) in [5.74, 6) is -0.245. The molecular weight excluding hydrogens is 364 g/mol. The molecule has 0 spiro atoms. The summed E-state index contributed by atoms with van der Waals surface area (Å²) in [5, 5.41) is 24.3. The number of ether oxygens (including phenoxy) is 1. The standard InChI is InChI=1S/C23H24N4O2/c1-16(2)29-23(14-26-15-23)22(28)27-21(13-25)11-17-3-7-19(8-4-17)20-9-5-18(12-24)6-10-20/h3-10,16,21,26H,11,14-15H2,1-2H3,(H,27,28). The van der Waals surface area contributed by atoms with E-state index >= 15 is 0 Å². The second kappa shape index (κ2) is 8.87. The molecule has 0 aromatic heterocycles. The van der Waals surface area contributed by atoms with E-state index in [0.29, 0.717) is 25.1 Å². The molecule has 1 amide bonds. The molecule has 1 aliphatic heterocycles. The highest BCUT2D eigenvalue weighted by Crippen LogP contribution is 2.22. The first-order valence-corrected chi connectivity index (χ1v) is 9.64. The van der Waals surface area contributed by atoms with E-state index in [1.807, 2.05) is 50.2 Å². The molecule has 0 radical (unpaired) electrons. The van der Waals surface area contributed by atoms with E-state index in [0.717, 1.165) is 16.7 Å². The van der Waals surface area contributed by atoms with Gasteiger partial charge in [-0.05, 0) is 42.7 Å². The molecule has 6 heteroatoms. The number of nitrogens with zero attached hydrogens (tertiary/aromatic N) is 2. The van der Waals surface area contributed by atoms with Gasteiger partial charge in [0.25, 0.3) is 5.91 Å². The molecule has 1 atom stereocenters. The van der Waals surface area contributed by atoms with Crippen molar-refractivity contribution in [1.82, 2.24) is 10.6 Å². The number of nitriles is 2. The van der Waals surface area contributed by atoms with E-state index in [9.17, 15) is 10.1 Å². The Bertz CT molecular complexity index is 933. The van der Waals surface area contributed by atoms with Gasteiger partial charge in [0, 0.05) is 19.5 Å². The van der Waals surface area contributed by atoms with Crippen LogP contribution >= 0.6 is 0 Å². The summed E-state index contributed by atoms with van der Waals surface area (Å²) in [7, 11) is 0. The zero-order valence-corrected chi connectivity index (χ0v) is 16.6. The van der Waals surface area contributed by atoms with E-state index in [4.69, 9.17) is 10.00 Å². The third-order valence-corrected chi connectivity index (χ3v) is 4.90. The number of hydrogen-bond donors (Lipinski definition) is 2. The van der Waals surface area contributed by atoms with Crippen LogP contribution in [0.3, 0.4) is 0 Å². The Kier molecular flexibility index (Phi) is 6.29. The van der Waals surface area contributed by atoms with Crippen molar-refractivity contribution >= 4 is 5.91 Å². The molecule has 1 fully saturated rings. The molecule has 0 bridgehead atoms. The zero-order chi connectivity index (χ0) is 20.9. The van der Waals surface area contributed by atoms with Gasteiger partial charge in [-0.2, -0.15) is 10.5 Å². The summed E-state index contributed by atoms with van der Waals surface area (Å²) < 4.78 is 5.81. The minimum absolute atomic E-state index is 0.0712. The van der Waals surface area contributed by atoms with E-state index in [1.165, 1.54) is 0 Å². The quantitative estimate of drug-likeness (QED) is 0.760. The fraction of sp³-hybridized carbons (Fsp3) is 0.348. The maximum atomic E-state index is 12.7. The second-order valence-corrected chi connectivity index (χ2v) is 7.51. The Morgan fingerprint density at radius 2 is 1.69 bits per heavy atom. The van der Waals surface area contributed by atoms with Crippen molar-refractivity contribution < 1.29 is 9.53 Å². The number of hydrogen-bond acceptors (Lipinski definition) is 5. The lowest BCUT2D eigenvalue weighted by molar-refractivity contribution is -0.162. The van der Waals surface area contributed by atoms with E-state index < -0.39 is 11.6 Å². The van der Waals surface area contributed by atoms with Crippen LogP contribution in [-0.4, -0.2) is 36.7 Å². The largest absolute Gasteiger partial charge is 0.360 e. The minimum Gasteiger partial charge on any atom is -0.360 e. The number of carbonyl (C=O) groups is 1. The van der Waals surface area contributed by atoms with Gasteiger partial charge in [0.2, 0.25) is 0 Å². The summed E-state index contributed by atoms with van der Waals surface area (Å²) in [6.07, 6.45) is 0.347. The molecule has 0 aliphatic carbocycles. The van der Waals surface area contributed by atoms with Gasteiger partial charge in [-0.15, -0.1) is 0 Å². The van der Waals surface area contributed by atoms with Gasteiger partial charge in [-0.1, -0.05) is 36.4 Å². The molecule has 3 rings (SSSR count). The van der Waals surface area contributed by atoms with Gasteiger partial charge in [-0.3, -0.25) is 4.79 Å². The normalized spacial score (nSPS) is 15.6. The van der Waals surface area contributed by atoms with Gasteiger partial charge >= 0.3 is 0 Å². The Morgan fingerprint density at radius 3 is 2.14 bits per heavy atom. The van der Waals surface area contributed by atoms with Crippen LogP contribution in [0, 0.1) is 22.7 Å². The topological polar surface area (TPSA) is 97.9 Å². The molecule has 0 saturated carbocycles. The molecule has 2 aromatic carbocycles. The van der Waals surface area contributed by atoms with Gasteiger partial charge in [0.1, 0.15) is 6.04 Å². The average Bonchev–Trinajstić information content (AvgIpc) is 2.70. The predicted octanol–water partition coefficient (Wildman–Crippen LogP) is 2.54. The molecule has 1 saturated heterocycles. The van der Waals surface area contributed by atoms with Crippen LogP contribution < -0.4 is 10.6 Å². The third kappa shape index (κ3) is 4.81. The predicted molar refractivity (Wildman–Crippen MR) is 110 cm³/mol. The molecule has 1 unspecified atom stereocenters. The van der Waals surface area contributed by atoms with Crippen molar-refractivity contribution in [2.24, 2.45) is 0 Å². The fourth-order valence-electron chi connectivity index (χ4n) is 3.33. The average molecular weight is 388 g/mol. The van der Waals surface area contributed by atoms with Crippen LogP contribution in [0.4, 0.5) is 0 Å². The summed E-state index contributed by atoms with van der Waals surface area (Å²) in [5.41, 5.74) is 2.74. The number of carbonyl (C=O) groups excluding carboxylic acids is 1. The van der Waals surface area contributed by atoms with Crippen molar-refractivity contribution in [2.45, 2.75) is 38.0 Å². The molecule has 1 heterocycles. The SMILES string of the molecule is CC(C)OC1(C(=O)NC(C#N)Cc2ccc(-c3ccc(C#N)cc3)cc2)CNC1. The molecule has 6 nitrogen and oxygen atoms in total. The zero-order valence-electron chi connectivity index (χ0n) is 16.6. The first-order valence-electron chi connectivity index (χ1n) is 9.64. The monoisotopic (exact) mass is 388 g/mol. The maximum absolute atomic E-state index is 12.7. The summed E-state index contributed by atoms with van der Waals surface area (Å²) in [6.45, 7) is 4.69. The molecule has 2 aromatic rings. The first kappa shape index (κ1) is 20.5. The van der Waals surface area contributed by atoms with Gasteiger partial charge in [0.15, 0.2) is 5.60 Å². The number of amides is 1. The van der Waals surface area contributed by atoms with Crippen molar-refractivity contribution in [3.8, 4) is 23.3 Å². The fourth-order valence-corrected chi connectivity index (χ4v) is 3.33. The highest BCUT2D eigenvalue weighted by atomic mass is 16.5. The summed E-state index contributed by atoms with van der Waals surface area (Å²) >= 11 is 0. The van der Waals surface area contributed by atoms with E-state index in [2.05, 4.69) is 22.8 Å². The summed E-state index contributed by atoms with van der Waals surface area (Å²) in [6, 6.07) is 18.9. The van der Waals surface area contributed by atoms with Crippen molar-refractivity contribution in [3.05, 3.63) is 59.7 Å². The molecule has 2 N–H and O–H groups in total. The molecule has 1 aliphatic rings. The van der Waals surface area contributed by atoms with Gasteiger partial charge in [-0.25, -0.2) is 0 Å². The first-order chi connectivity index (χ1) is 14.0. The van der Waals surface area contributed by atoms with Gasteiger partial charge in [0.05, 0.1) is 23.8 Å². The molecule has 148 valence electrons. The smallest absolute Gasteiger partial charge is 0.255 e. The Balaban J connectivity index is 1.64. The third-order valence-electron chi connectivity index (χ3n) is 4.90. The van der Waals surface area contributed by atoms with Crippen LogP contribution in [0.25, 0.3) is 11.1 Å². The lowest BCUT2D eigenvalue weighted by Gasteiger charge is -2.42. The Morgan fingerprint density at radius 1 is 1.10 bits per heavy atom. The van der Waals surface area contributed by atoms with Crippen LogP contribution in [0.5, 0.6) is 0 Å². The number of nitrogens with one attached hydrogen (secondary N) is 2. The lowest BCUT2D eigenvalue weighted by Crippen LogP contribution is -2.70. The summed E-state index contributed by atoms with van der Waals surface area (Å²) in [4.78, 5) is 12.7. The van der Waals surface area contributed by atoms with E-state index in [-0.39, 0.29) is 12.0 Å². The van der Waals surface area contributed by atoms with Crippen LogP contribution in [0.1, 0.15) is 25.0 Å². The lowest BCUT2D eigenvalue weighted by atomic mass is 9.94. The van der Waals surface area contributed by atoms with E-state index in [1.54, 1.807) is 12.1 Å². The Labute approximate surface area is 171 Å². The van der Waals surface area contributed by atoms with Crippen molar-refractivity contribution in [1.29, 1.82) is 10.5 Å². The molecule has 29 heavy (non-hydrogen) atoms. The van der Waals surface area contributed by atoms with Crippen LogP contribution in [0.2, 0.25) is 0 Å². The minimum atomic E-state index is -0.886. The highest BCUT2D eigenvalue weighted by Gasteiger charge is 2.46. The number of benzene rings is 2. The van der Waals surface area contributed by atoms with Crippen LogP contribution in [-0.2, 0) is 16.0 Å². The van der Waals surface area contributed by atoms with Crippen molar-refractivity contribution in [2.75, 3.05) is 13.1 Å². The van der Waals surface area contributed by atoms with Crippen LogP contribution in [0.15, 0.2) is 48.5 Å². The van der Waals surface area contributed by atoms with Crippen molar-refractivity contribution in [3.63, 3.8) is 0 Å². The van der Waals surface area contributed by atoms with Gasteiger partial charge < -0.3 is 15.4 Å². The maximum Gasteiger partial charge on any atom is 0.255 e. The molecular formula is C23H24N4O2. The highest BCUT2D eigenvalue weighted by molar-refractivity contribution is 5.87. The Hall–Kier alpha value is -3.19. The second-order valence-electron chi connectivity index (χ2n) is 7.51.